The fourth-order valence-corrected chi connectivity index (χ4v) is 2.20. The lowest BCUT2D eigenvalue weighted by atomic mass is 10.1. The van der Waals surface area contributed by atoms with Crippen molar-refractivity contribution in [2.24, 2.45) is 0 Å². The lowest BCUT2D eigenvalue weighted by molar-refractivity contribution is 0.0338. The molecule has 5 heteroatoms. The molecule has 5 nitrogen and oxygen atoms in total. The van der Waals surface area contributed by atoms with E-state index in [0.29, 0.717) is 11.4 Å². The second-order valence-corrected chi connectivity index (χ2v) is 4.27. The van der Waals surface area contributed by atoms with Crippen molar-refractivity contribution in [3.63, 3.8) is 0 Å². The molecule has 2 aliphatic heterocycles. The zero-order valence-electron chi connectivity index (χ0n) is 9.65. The molecule has 1 saturated heterocycles. The molecule has 1 aromatic carbocycles. The van der Waals surface area contributed by atoms with Crippen LogP contribution in [0.25, 0.3) is 0 Å². The normalized spacial score (nSPS) is 19.5. The molecule has 0 unspecified atom stereocenters. The van der Waals surface area contributed by atoms with Crippen LogP contribution in [0.4, 0.5) is 5.69 Å². The van der Waals surface area contributed by atoms with E-state index in [4.69, 9.17) is 19.9 Å². The maximum Gasteiger partial charge on any atom is 0.231 e. The number of nitrogens with two attached hydrogens (primary N) is 1. The number of rotatable bonds is 2. The molecular formula is C12H16N2O3. The Labute approximate surface area is 100 Å². The SMILES string of the molecule is Nc1ccc(CN2CCOCC2)c2c1OCO2. The zero-order valence-corrected chi connectivity index (χ0v) is 9.65. The third-order valence-electron chi connectivity index (χ3n) is 3.13. The smallest absolute Gasteiger partial charge is 0.231 e. The molecule has 1 aromatic rings. The molecule has 0 aromatic heterocycles. The van der Waals surface area contributed by atoms with Crippen molar-refractivity contribution in [1.29, 1.82) is 0 Å². The highest BCUT2D eigenvalue weighted by Gasteiger charge is 2.22. The van der Waals surface area contributed by atoms with Gasteiger partial charge in [0, 0.05) is 25.2 Å². The summed E-state index contributed by atoms with van der Waals surface area (Å²) in [5.41, 5.74) is 7.61. The summed E-state index contributed by atoms with van der Waals surface area (Å²) in [4.78, 5) is 2.34. The van der Waals surface area contributed by atoms with E-state index in [1.807, 2.05) is 12.1 Å². The van der Waals surface area contributed by atoms with Crippen molar-refractivity contribution in [2.45, 2.75) is 6.54 Å². The standard InChI is InChI=1S/C12H16N2O3/c13-10-2-1-9(11-12(10)17-8-16-11)7-14-3-5-15-6-4-14/h1-2H,3-8,13H2. The van der Waals surface area contributed by atoms with Crippen LogP contribution >= 0.6 is 0 Å². The average molecular weight is 236 g/mol. The predicted molar refractivity (Wildman–Crippen MR) is 63.1 cm³/mol. The van der Waals surface area contributed by atoms with Gasteiger partial charge in [-0.05, 0) is 6.07 Å². The van der Waals surface area contributed by atoms with Gasteiger partial charge in [-0.25, -0.2) is 0 Å². The molecule has 0 bridgehead atoms. The summed E-state index contributed by atoms with van der Waals surface area (Å²) in [6, 6.07) is 3.89. The van der Waals surface area contributed by atoms with Crippen molar-refractivity contribution < 1.29 is 14.2 Å². The Kier molecular flexibility index (Phi) is 2.78. The number of fused-ring (bicyclic) bond motifs is 1. The van der Waals surface area contributed by atoms with E-state index in [1.165, 1.54) is 0 Å². The van der Waals surface area contributed by atoms with Crippen LogP contribution in [-0.4, -0.2) is 38.0 Å². The van der Waals surface area contributed by atoms with Gasteiger partial charge in [0.15, 0.2) is 11.5 Å². The first kappa shape index (κ1) is 10.7. The van der Waals surface area contributed by atoms with Gasteiger partial charge in [-0.15, -0.1) is 0 Å². The molecule has 0 atom stereocenters. The fourth-order valence-electron chi connectivity index (χ4n) is 2.20. The topological polar surface area (TPSA) is 57.0 Å². The van der Waals surface area contributed by atoms with E-state index in [-0.39, 0.29) is 6.79 Å². The number of hydrogen-bond donors (Lipinski definition) is 1. The average Bonchev–Trinajstić information content (AvgIpc) is 2.84. The summed E-state index contributed by atoms with van der Waals surface area (Å²) in [5, 5.41) is 0. The van der Waals surface area contributed by atoms with E-state index >= 15 is 0 Å². The summed E-state index contributed by atoms with van der Waals surface area (Å²) in [6.07, 6.45) is 0. The van der Waals surface area contributed by atoms with Gasteiger partial charge in [-0.1, -0.05) is 6.07 Å². The van der Waals surface area contributed by atoms with Crippen molar-refractivity contribution in [3.05, 3.63) is 17.7 Å². The van der Waals surface area contributed by atoms with Crippen LogP contribution in [0.1, 0.15) is 5.56 Å². The first-order chi connectivity index (χ1) is 8.34. The first-order valence-electron chi connectivity index (χ1n) is 5.81. The number of ether oxygens (including phenoxy) is 3. The maximum atomic E-state index is 5.84. The second kappa shape index (κ2) is 4.43. The van der Waals surface area contributed by atoms with Gasteiger partial charge in [-0.3, -0.25) is 4.90 Å². The minimum Gasteiger partial charge on any atom is -0.453 e. The van der Waals surface area contributed by atoms with E-state index in [9.17, 15) is 0 Å². The zero-order chi connectivity index (χ0) is 11.7. The summed E-state index contributed by atoms with van der Waals surface area (Å²) in [5.74, 6) is 1.49. The molecule has 17 heavy (non-hydrogen) atoms. The third-order valence-corrected chi connectivity index (χ3v) is 3.13. The predicted octanol–water partition coefficient (Wildman–Crippen LogP) is 0.830. The lowest BCUT2D eigenvalue weighted by Crippen LogP contribution is -2.35. The van der Waals surface area contributed by atoms with Crippen molar-refractivity contribution in [2.75, 3.05) is 38.8 Å². The minimum absolute atomic E-state index is 0.264. The lowest BCUT2D eigenvalue weighted by Gasteiger charge is -2.26. The van der Waals surface area contributed by atoms with Crippen LogP contribution in [0, 0.1) is 0 Å². The van der Waals surface area contributed by atoms with E-state index < -0.39 is 0 Å². The van der Waals surface area contributed by atoms with Crippen LogP contribution < -0.4 is 15.2 Å². The first-order valence-corrected chi connectivity index (χ1v) is 5.81. The number of morpholine rings is 1. The number of nitrogens with zero attached hydrogens (tertiary/aromatic N) is 1. The largest absolute Gasteiger partial charge is 0.453 e. The Balaban J connectivity index is 1.81. The highest BCUT2D eigenvalue weighted by atomic mass is 16.7. The summed E-state index contributed by atoms with van der Waals surface area (Å²) in [6.45, 7) is 4.64. The van der Waals surface area contributed by atoms with E-state index in [0.717, 1.165) is 44.2 Å². The second-order valence-electron chi connectivity index (χ2n) is 4.27. The molecule has 2 aliphatic rings. The third kappa shape index (κ3) is 2.03. The van der Waals surface area contributed by atoms with E-state index in [2.05, 4.69) is 4.90 Å². The molecule has 1 fully saturated rings. The van der Waals surface area contributed by atoms with Crippen LogP contribution in [0.3, 0.4) is 0 Å². The molecule has 0 spiro atoms. The van der Waals surface area contributed by atoms with Gasteiger partial charge in [0.25, 0.3) is 0 Å². The maximum absolute atomic E-state index is 5.84. The Morgan fingerprint density at radius 3 is 2.71 bits per heavy atom. The number of nitrogen functional groups attached to an aromatic ring is 1. The van der Waals surface area contributed by atoms with Gasteiger partial charge in [0.05, 0.1) is 18.9 Å². The summed E-state index contributed by atoms with van der Waals surface area (Å²) < 4.78 is 16.2. The Morgan fingerprint density at radius 2 is 1.88 bits per heavy atom. The van der Waals surface area contributed by atoms with Gasteiger partial charge < -0.3 is 19.9 Å². The van der Waals surface area contributed by atoms with Gasteiger partial charge >= 0.3 is 0 Å². The summed E-state index contributed by atoms with van der Waals surface area (Å²) >= 11 is 0. The van der Waals surface area contributed by atoms with Crippen molar-refractivity contribution >= 4 is 5.69 Å². The Hall–Kier alpha value is -1.46. The monoisotopic (exact) mass is 236 g/mol. The quantitative estimate of drug-likeness (QED) is 0.771. The minimum atomic E-state index is 0.264. The molecule has 92 valence electrons. The van der Waals surface area contributed by atoms with Gasteiger partial charge in [0.2, 0.25) is 6.79 Å². The molecule has 0 saturated carbocycles. The van der Waals surface area contributed by atoms with E-state index in [1.54, 1.807) is 0 Å². The Bertz CT molecular complexity index is 416. The van der Waals surface area contributed by atoms with Gasteiger partial charge in [-0.2, -0.15) is 0 Å². The Morgan fingerprint density at radius 1 is 1.12 bits per heavy atom. The molecule has 0 amide bonds. The molecule has 2 heterocycles. The van der Waals surface area contributed by atoms with Crippen LogP contribution in [0.5, 0.6) is 11.5 Å². The van der Waals surface area contributed by atoms with Crippen LogP contribution in [0.15, 0.2) is 12.1 Å². The van der Waals surface area contributed by atoms with Crippen molar-refractivity contribution in [1.82, 2.24) is 4.90 Å². The molecule has 0 radical (unpaired) electrons. The molecule has 2 N–H and O–H groups in total. The van der Waals surface area contributed by atoms with Gasteiger partial charge in [0.1, 0.15) is 0 Å². The van der Waals surface area contributed by atoms with Crippen molar-refractivity contribution in [3.8, 4) is 11.5 Å². The number of benzene rings is 1. The molecule has 3 rings (SSSR count). The number of hydrogen-bond acceptors (Lipinski definition) is 5. The molecular weight excluding hydrogens is 220 g/mol. The van der Waals surface area contributed by atoms with Crippen LogP contribution in [-0.2, 0) is 11.3 Å². The van der Waals surface area contributed by atoms with Crippen LogP contribution in [0.2, 0.25) is 0 Å². The molecule has 0 aliphatic carbocycles. The highest BCUT2D eigenvalue weighted by molar-refractivity contribution is 5.64. The number of anilines is 1. The fraction of sp³-hybridized carbons (Fsp3) is 0.500. The highest BCUT2D eigenvalue weighted by Crippen LogP contribution is 2.40. The summed E-state index contributed by atoms with van der Waals surface area (Å²) in [7, 11) is 0.